The summed E-state index contributed by atoms with van der Waals surface area (Å²) in [6.07, 6.45) is 0.841. The largest absolute Gasteiger partial charge is 0.451 e. The van der Waals surface area contributed by atoms with Crippen molar-refractivity contribution in [2.45, 2.75) is 20.3 Å². The van der Waals surface area contributed by atoms with Crippen molar-refractivity contribution < 1.29 is 19.1 Å². The van der Waals surface area contributed by atoms with E-state index in [1.165, 1.54) is 16.2 Å². The maximum atomic E-state index is 12.4. The molecule has 0 fully saturated rings. The molecule has 1 N–H and O–H groups in total. The van der Waals surface area contributed by atoms with Crippen LogP contribution in [0.1, 0.15) is 27.0 Å². The standard InChI is InChI=1S/C18H18N2O4S/c1-3-12-8-15(25-11(12)2)18(23)24-10-17(22)20-9-16(21)19-13-6-4-5-7-14(13)20/h4-8H,3,9-10H2,1-2H3,(H,19,21). The van der Waals surface area contributed by atoms with Gasteiger partial charge in [0.05, 0.1) is 11.4 Å². The summed E-state index contributed by atoms with van der Waals surface area (Å²) >= 11 is 1.36. The van der Waals surface area contributed by atoms with Crippen molar-refractivity contribution in [2.75, 3.05) is 23.4 Å². The number of anilines is 2. The van der Waals surface area contributed by atoms with Crippen molar-refractivity contribution >= 4 is 40.5 Å². The van der Waals surface area contributed by atoms with Gasteiger partial charge in [-0.25, -0.2) is 4.79 Å². The van der Waals surface area contributed by atoms with E-state index < -0.39 is 18.5 Å². The number of thiophene rings is 1. The second-order valence-electron chi connectivity index (χ2n) is 5.67. The first kappa shape index (κ1) is 17.2. The maximum Gasteiger partial charge on any atom is 0.348 e. The number of benzene rings is 1. The molecule has 0 aliphatic carbocycles. The van der Waals surface area contributed by atoms with E-state index in [0.29, 0.717) is 16.3 Å². The number of amides is 2. The Bertz CT molecular complexity index is 843. The molecule has 0 atom stereocenters. The number of ether oxygens (including phenoxy) is 1. The van der Waals surface area contributed by atoms with Crippen molar-refractivity contribution in [3.05, 3.63) is 45.6 Å². The van der Waals surface area contributed by atoms with Gasteiger partial charge >= 0.3 is 5.97 Å². The third kappa shape index (κ3) is 3.56. The number of hydrogen-bond donors (Lipinski definition) is 1. The normalized spacial score (nSPS) is 13.2. The average molecular weight is 358 g/mol. The van der Waals surface area contributed by atoms with Crippen LogP contribution in [0.4, 0.5) is 11.4 Å². The molecule has 1 aromatic carbocycles. The van der Waals surface area contributed by atoms with Crippen LogP contribution in [0.3, 0.4) is 0 Å². The molecule has 0 unspecified atom stereocenters. The maximum absolute atomic E-state index is 12.4. The molecule has 1 aromatic heterocycles. The molecule has 130 valence electrons. The second kappa shape index (κ2) is 7.06. The fourth-order valence-electron chi connectivity index (χ4n) is 2.70. The van der Waals surface area contributed by atoms with E-state index in [4.69, 9.17) is 4.74 Å². The molecule has 0 saturated carbocycles. The van der Waals surface area contributed by atoms with Crippen LogP contribution in [0.25, 0.3) is 0 Å². The SMILES string of the molecule is CCc1cc(C(=O)OCC(=O)N2CC(=O)Nc3ccccc32)sc1C. The highest BCUT2D eigenvalue weighted by molar-refractivity contribution is 7.14. The summed E-state index contributed by atoms with van der Waals surface area (Å²) in [5, 5.41) is 2.71. The molecule has 6 nitrogen and oxygen atoms in total. The van der Waals surface area contributed by atoms with Gasteiger partial charge in [0, 0.05) is 4.88 Å². The summed E-state index contributed by atoms with van der Waals surface area (Å²) < 4.78 is 5.15. The molecule has 3 rings (SSSR count). The molecule has 2 aromatic rings. The minimum Gasteiger partial charge on any atom is -0.451 e. The fourth-order valence-corrected chi connectivity index (χ4v) is 3.71. The Kier molecular flexibility index (Phi) is 4.85. The molecule has 2 amide bonds. The van der Waals surface area contributed by atoms with Crippen molar-refractivity contribution in [1.82, 2.24) is 0 Å². The summed E-state index contributed by atoms with van der Waals surface area (Å²) in [5.41, 5.74) is 2.27. The number of esters is 1. The van der Waals surface area contributed by atoms with Crippen LogP contribution in [-0.2, 0) is 20.7 Å². The van der Waals surface area contributed by atoms with Crippen LogP contribution in [0, 0.1) is 6.92 Å². The topological polar surface area (TPSA) is 75.7 Å². The van der Waals surface area contributed by atoms with E-state index in [1.54, 1.807) is 30.3 Å². The molecule has 2 heterocycles. The van der Waals surface area contributed by atoms with E-state index in [0.717, 1.165) is 16.9 Å². The molecule has 1 aliphatic rings. The summed E-state index contributed by atoms with van der Waals surface area (Å²) in [4.78, 5) is 39.3. The van der Waals surface area contributed by atoms with Gasteiger partial charge in [-0.05, 0) is 37.1 Å². The second-order valence-corrected chi connectivity index (χ2v) is 6.92. The van der Waals surface area contributed by atoms with E-state index in [2.05, 4.69) is 5.32 Å². The Morgan fingerprint density at radius 2 is 2.08 bits per heavy atom. The number of carbonyl (C=O) groups is 3. The molecular weight excluding hydrogens is 340 g/mol. The summed E-state index contributed by atoms with van der Waals surface area (Å²) in [6.45, 7) is 3.48. The lowest BCUT2D eigenvalue weighted by molar-refractivity contribution is -0.124. The zero-order chi connectivity index (χ0) is 18.0. The Hall–Kier alpha value is -2.67. The predicted molar refractivity (Wildman–Crippen MR) is 96.1 cm³/mol. The lowest BCUT2D eigenvalue weighted by Gasteiger charge is -2.28. The number of hydrogen-bond acceptors (Lipinski definition) is 5. The van der Waals surface area contributed by atoms with Crippen LogP contribution in [-0.4, -0.2) is 30.9 Å². The Morgan fingerprint density at radius 3 is 2.80 bits per heavy atom. The monoisotopic (exact) mass is 358 g/mol. The highest BCUT2D eigenvalue weighted by Gasteiger charge is 2.27. The number of rotatable bonds is 4. The van der Waals surface area contributed by atoms with Gasteiger partial charge < -0.3 is 10.1 Å². The van der Waals surface area contributed by atoms with Crippen LogP contribution >= 0.6 is 11.3 Å². The highest BCUT2D eigenvalue weighted by Crippen LogP contribution is 2.29. The van der Waals surface area contributed by atoms with E-state index in [-0.39, 0.29) is 12.5 Å². The lowest BCUT2D eigenvalue weighted by atomic mass is 10.2. The van der Waals surface area contributed by atoms with Crippen LogP contribution in [0.15, 0.2) is 30.3 Å². The number of fused-ring (bicyclic) bond motifs is 1. The van der Waals surface area contributed by atoms with Crippen LogP contribution < -0.4 is 10.2 Å². The number of nitrogens with one attached hydrogen (secondary N) is 1. The third-order valence-electron chi connectivity index (χ3n) is 4.00. The molecule has 25 heavy (non-hydrogen) atoms. The van der Waals surface area contributed by atoms with Crippen molar-refractivity contribution in [2.24, 2.45) is 0 Å². The van der Waals surface area contributed by atoms with Crippen LogP contribution in [0.2, 0.25) is 0 Å². The van der Waals surface area contributed by atoms with Gasteiger partial charge in [-0.2, -0.15) is 0 Å². The van der Waals surface area contributed by atoms with Gasteiger partial charge in [0.1, 0.15) is 11.4 Å². The minimum absolute atomic E-state index is 0.0918. The van der Waals surface area contributed by atoms with Crippen molar-refractivity contribution in [3.8, 4) is 0 Å². The highest BCUT2D eigenvalue weighted by atomic mass is 32.1. The minimum atomic E-state index is -0.518. The molecule has 0 bridgehead atoms. The van der Waals surface area contributed by atoms with Gasteiger partial charge in [0.15, 0.2) is 6.61 Å². The Morgan fingerprint density at radius 1 is 1.32 bits per heavy atom. The van der Waals surface area contributed by atoms with Gasteiger partial charge in [0.25, 0.3) is 5.91 Å². The first-order chi connectivity index (χ1) is 12.0. The zero-order valence-corrected chi connectivity index (χ0v) is 14.8. The van der Waals surface area contributed by atoms with Gasteiger partial charge in [-0.15, -0.1) is 11.3 Å². The fraction of sp³-hybridized carbons (Fsp3) is 0.278. The molecule has 1 aliphatic heterocycles. The van der Waals surface area contributed by atoms with E-state index in [1.807, 2.05) is 13.8 Å². The van der Waals surface area contributed by atoms with Crippen LogP contribution in [0.5, 0.6) is 0 Å². The van der Waals surface area contributed by atoms with Crippen molar-refractivity contribution in [3.63, 3.8) is 0 Å². The molecule has 0 spiro atoms. The number of aryl methyl sites for hydroxylation is 2. The Balaban J connectivity index is 1.68. The van der Waals surface area contributed by atoms with Gasteiger partial charge in [-0.1, -0.05) is 19.1 Å². The first-order valence-electron chi connectivity index (χ1n) is 7.95. The number of para-hydroxylation sites is 2. The van der Waals surface area contributed by atoms with Gasteiger partial charge in [0.2, 0.25) is 5.91 Å². The summed E-state index contributed by atoms with van der Waals surface area (Å²) in [7, 11) is 0. The summed E-state index contributed by atoms with van der Waals surface area (Å²) in [6, 6.07) is 8.82. The van der Waals surface area contributed by atoms with E-state index >= 15 is 0 Å². The predicted octanol–water partition coefficient (Wildman–Crippen LogP) is 2.76. The third-order valence-corrected chi connectivity index (χ3v) is 5.07. The smallest absolute Gasteiger partial charge is 0.348 e. The molecule has 0 radical (unpaired) electrons. The lowest BCUT2D eigenvalue weighted by Crippen LogP contribution is -2.44. The molecule has 0 saturated heterocycles. The Labute approximate surface area is 149 Å². The van der Waals surface area contributed by atoms with Crippen molar-refractivity contribution in [1.29, 1.82) is 0 Å². The zero-order valence-electron chi connectivity index (χ0n) is 14.0. The van der Waals surface area contributed by atoms with E-state index in [9.17, 15) is 14.4 Å². The first-order valence-corrected chi connectivity index (χ1v) is 8.77. The number of nitrogens with zero attached hydrogens (tertiary/aromatic N) is 1. The molecule has 7 heteroatoms. The number of carbonyl (C=O) groups excluding carboxylic acids is 3. The molecular formula is C18H18N2O4S. The summed E-state index contributed by atoms with van der Waals surface area (Å²) in [5.74, 6) is -1.23. The quantitative estimate of drug-likeness (QED) is 0.853. The van der Waals surface area contributed by atoms with Gasteiger partial charge in [-0.3, -0.25) is 14.5 Å². The average Bonchev–Trinajstić information content (AvgIpc) is 2.99.